The number of piperidine rings is 1. The van der Waals surface area contributed by atoms with Gasteiger partial charge in [0, 0.05) is 43.5 Å². The lowest BCUT2D eigenvalue weighted by atomic mass is 10.1. The van der Waals surface area contributed by atoms with Crippen LogP contribution in [-0.2, 0) is 10.0 Å². The lowest BCUT2D eigenvalue weighted by Gasteiger charge is -2.28. The third-order valence-electron chi connectivity index (χ3n) is 4.77. The van der Waals surface area contributed by atoms with Crippen molar-refractivity contribution in [2.75, 3.05) is 36.4 Å². The van der Waals surface area contributed by atoms with Crippen molar-refractivity contribution in [1.82, 2.24) is 14.7 Å². The fraction of sp³-hybridized carbons (Fsp3) is 0.450. The highest BCUT2D eigenvalue weighted by molar-refractivity contribution is 7.89. The first-order valence-electron chi connectivity index (χ1n) is 9.80. The predicted octanol–water partition coefficient (Wildman–Crippen LogP) is 2.37. The minimum atomic E-state index is -3.70. The Morgan fingerprint density at radius 1 is 1.10 bits per heavy atom. The fourth-order valence-electron chi connectivity index (χ4n) is 3.24. The van der Waals surface area contributed by atoms with E-state index in [2.05, 4.69) is 24.9 Å². The van der Waals surface area contributed by atoms with E-state index in [1.54, 1.807) is 12.1 Å². The zero-order valence-corrected chi connectivity index (χ0v) is 17.6. The van der Waals surface area contributed by atoms with Gasteiger partial charge in [-0.3, -0.25) is 4.79 Å². The van der Waals surface area contributed by atoms with Crippen LogP contribution in [0.1, 0.15) is 42.2 Å². The largest absolute Gasteiger partial charge is 0.356 e. The number of nitrogens with zero attached hydrogens (tertiary/aromatic N) is 3. The number of carbonyl (C=O) groups excluding carboxylic acids is 1. The number of ketones is 1. The van der Waals surface area contributed by atoms with Crippen LogP contribution in [-0.4, -0.2) is 50.3 Å². The van der Waals surface area contributed by atoms with Crippen molar-refractivity contribution in [3.05, 3.63) is 41.6 Å². The maximum Gasteiger partial charge on any atom is 0.240 e. The molecule has 2 aromatic rings. The Morgan fingerprint density at radius 2 is 1.86 bits per heavy atom. The van der Waals surface area contributed by atoms with Gasteiger partial charge in [0.2, 0.25) is 16.0 Å². The van der Waals surface area contributed by atoms with Gasteiger partial charge in [-0.1, -0.05) is 12.1 Å². The molecule has 2 heterocycles. The quantitative estimate of drug-likeness (QED) is 0.502. The van der Waals surface area contributed by atoms with Crippen LogP contribution in [0.2, 0.25) is 0 Å². The SMILES string of the molecule is CC(=O)c1cccc(S(=O)(=O)NCCNc2nc(C)cc(N3CCCCC3)n2)c1. The van der Waals surface area contributed by atoms with E-state index in [1.807, 2.05) is 13.0 Å². The first-order chi connectivity index (χ1) is 13.8. The number of hydrogen-bond acceptors (Lipinski definition) is 7. The Hall–Kier alpha value is -2.52. The number of sulfonamides is 1. The molecule has 9 heteroatoms. The van der Waals surface area contributed by atoms with Gasteiger partial charge in [0.25, 0.3) is 0 Å². The van der Waals surface area contributed by atoms with Crippen molar-refractivity contribution in [2.45, 2.75) is 38.0 Å². The van der Waals surface area contributed by atoms with Gasteiger partial charge in [-0.2, -0.15) is 4.98 Å². The smallest absolute Gasteiger partial charge is 0.240 e. The standard InChI is InChI=1S/C20H27N5O3S/c1-15-13-19(25-11-4-3-5-12-25)24-20(23-15)21-9-10-22-29(27,28)18-8-6-7-17(14-18)16(2)26/h6-8,13-14,22H,3-5,9-12H2,1-2H3,(H,21,23,24). The van der Waals surface area contributed by atoms with Crippen LogP contribution in [0, 0.1) is 6.92 Å². The molecule has 1 fully saturated rings. The number of hydrogen-bond donors (Lipinski definition) is 2. The number of benzene rings is 1. The molecule has 1 aliphatic heterocycles. The van der Waals surface area contributed by atoms with Gasteiger partial charge in [0.15, 0.2) is 5.78 Å². The maximum absolute atomic E-state index is 12.4. The van der Waals surface area contributed by atoms with E-state index < -0.39 is 10.0 Å². The number of aromatic nitrogens is 2. The normalized spacial score (nSPS) is 14.6. The van der Waals surface area contributed by atoms with Crippen LogP contribution in [0.5, 0.6) is 0 Å². The Morgan fingerprint density at radius 3 is 2.59 bits per heavy atom. The minimum Gasteiger partial charge on any atom is -0.356 e. The number of carbonyl (C=O) groups is 1. The van der Waals surface area contributed by atoms with Crippen LogP contribution in [0.15, 0.2) is 35.2 Å². The molecule has 0 unspecified atom stereocenters. The third-order valence-corrected chi connectivity index (χ3v) is 6.23. The second-order valence-electron chi connectivity index (χ2n) is 7.15. The van der Waals surface area contributed by atoms with Crippen LogP contribution >= 0.6 is 0 Å². The first-order valence-corrected chi connectivity index (χ1v) is 11.3. The Kier molecular flexibility index (Phi) is 6.81. The molecule has 0 amide bonds. The topological polar surface area (TPSA) is 104 Å². The van der Waals surface area contributed by atoms with E-state index in [9.17, 15) is 13.2 Å². The summed E-state index contributed by atoms with van der Waals surface area (Å²) in [6, 6.07) is 7.98. The first kappa shape index (κ1) is 21.2. The number of rotatable bonds is 8. The molecule has 0 radical (unpaired) electrons. The van der Waals surface area contributed by atoms with Gasteiger partial charge in [-0.05, 0) is 45.2 Å². The molecule has 156 valence electrons. The molecule has 0 saturated carbocycles. The summed E-state index contributed by atoms with van der Waals surface area (Å²) in [4.78, 5) is 22.8. The summed E-state index contributed by atoms with van der Waals surface area (Å²) < 4.78 is 27.4. The van der Waals surface area contributed by atoms with E-state index in [-0.39, 0.29) is 17.2 Å². The Labute approximate surface area is 171 Å². The monoisotopic (exact) mass is 417 g/mol. The summed E-state index contributed by atoms with van der Waals surface area (Å²) in [5, 5.41) is 3.09. The minimum absolute atomic E-state index is 0.0735. The van der Waals surface area contributed by atoms with Crippen molar-refractivity contribution < 1.29 is 13.2 Å². The second kappa shape index (κ2) is 9.32. The summed E-state index contributed by atoms with van der Waals surface area (Å²) in [6.45, 7) is 5.83. The van der Waals surface area contributed by atoms with E-state index in [0.717, 1.165) is 24.6 Å². The second-order valence-corrected chi connectivity index (χ2v) is 8.91. The molecular formula is C20H27N5O3S. The summed E-state index contributed by atoms with van der Waals surface area (Å²) >= 11 is 0. The average molecular weight is 418 g/mol. The number of anilines is 2. The summed E-state index contributed by atoms with van der Waals surface area (Å²) in [6.07, 6.45) is 3.58. The van der Waals surface area contributed by atoms with Crippen molar-refractivity contribution in [3.8, 4) is 0 Å². The Bertz CT molecular complexity index is 972. The molecule has 1 aromatic carbocycles. The summed E-state index contributed by atoms with van der Waals surface area (Å²) in [5.41, 5.74) is 1.23. The van der Waals surface area contributed by atoms with Crippen LogP contribution in [0.25, 0.3) is 0 Å². The molecular weight excluding hydrogens is 390 g/mol. The van der Waals surface area contributed by atoms with Crippen molar-refractivity contribution >= 4 is 27.6 Å². The van der Waals surface area contributed by atoms with Crippen LogP contribution < -0.4 is 14.9 Å². The van der Waals surface area contributed by atoms with E-state index in [1.165, 1.54) is 38.3 Å². The maximum atomic E-state index is 12.4. The zero-order valence-electron chi connectivity index (χ0n) is 16.8. The molecule has 1 aromatic heterocycles. The predicted molar refractivity (Wildman–Crippen MR) is 113 cm³/mol. The average Bonchev–Trinajstić information content (AvgIpc) is 2.71. The number of Topliss-reactive ketones (excluding diaryl/α,β-unsaturated/α-hetero) is 1. The number of aryl methyl sites for hydroxylation is 1. The van der Waals surface area contributed by atoms with Gasteiger partial charge in [-0.15, -0.1) is 0 Å². The number of nitrogens with one attached hydrogen (secondary N) is 2. The van der Waals surface area contributed by atoms with Crippen molar-refractivity contribution in [2.24, 2.45) is 0 Å². The summed E-state index contributed by atoms with van der Waals surface area (Å²) in [5.74, 6) is 1.22. The van der Waals surface area contributed by atoms with Crippen molar-refractivity contribution in [3.63, 3.8) is 0 Å². The molecule has 0 aliphatic carbocycles. The van der Waals surface area contributed by atoms with Crippen molar-refractivity contribution in [1.29, 1.82) is 0 Å². The van der Waals surface area contributed by atoms with E-state index in [4.69, 9.17) is 0 Å². The van der Waals surface area contributed by atoms with Gasteiger partial charge >= 0.3 is 0 Å². The van der Waals surface area contributed by atoms with Crippen LogP contribution in [0.3, 0.4) is 0 Å². The molecule has 2 N–H and O–H groups in total. The Balaban J connectivity index is 1.58. The molecule has 0 atom stereocenters. The fourth-order valence-corrected chi connectivity index (χ4v) is 4.32. The molecule has 1 aliphatic rings. The highest BCUT2D eigenvalue weighted by Crippen LogP contribution is 2.19. The highest BCUT2D eigenvalue weighted by Gasteiger charge is 2.16. The lowest BCUT2D eigenvalue weighted by molar-refractivity contribution is 0.101. The van der Waals surface area contributed by atoms with Gasteiger partial charge in [0.05, 0.1) is 4.90 Å². The molecule has 3 rings (SSSR count). The third kappa shape index (κ3) is 5.74. The van der Waals surface area contributed by atoms with Gasteiger partial charge in [0.1, 0.15) is 5.82 Å². The highest BCUT2D eigenvalue weighted by atomic mass is 32.2. The molecule has 0 bridgehead atoms. The van der Waals surface area contributed by atoms with Gasteiger partial charge in [-0.25, -0.2) is 18.1 Å². The van der Waals surface area contributed by atoms with E-state index in [0.29, 0.717) is 18.1 Å². The van der Waals surface area contributed by atoms with Gasteiger partial charge < -0.3 is 10.2 Å². The van der Waals surface area contributed by atoms with Crippen LogP contribution in [0.4, 0.5) is 11.8 Å². The zero-order chi connectivity index (χ0) is 20.9. The molecule has 0 spiro atoms. The lowest BCUT2D eigenvalue weighted by Crippen LogP contribution is -2.31. The summed E-state index contributed by atoms with van der Waals surface area (Å²) in [7, 11) is -3.70. The molecule has 1 saturated heterocycles. The molecule has 29 heavy (non-hydrogen) atoms. The molecule has 8 nitrogen and oxygen atoms in total. The van der Waals surface area contributed by atoms with E-state index >= 15 is 0 Å².